The van der Waals surface area contributed by atoms with E-state index in [1.165, 1.54) is 0 Å². The minimum absolute atomic E-state index is 0.849. The van der Waals surface area contributed by atoms with Crippen molar-refractivity contribution in [3.8, 4) is 5.69 Å². The lowest BCUT2D eigenvalue weighted by Gasteiger charge is -2.08. The smallest absolute Gasteiger partial charge is 0.179 e. The van der Waals surface area contributed by atoms with E-state index in [0.717, 1.165) is 31.4 Å². The minimum Gasteiger partial charge on any atom is -0.271 e. The molecule has 6 heteroatoms. The van der Waals surface area contributed by atoms with Crippen LogP contribution in [0.1, 0.15) is 0 Å². The molecule has 0 aliphatic rings. The highest BCUT2D eigenvalue weighted by molar-refractivity contribution is 9.10. The lowest BCUT2D eigenvalue weighted by atomic mass is 10.3. The maximum Gasteiger partial charge on any atom is 0.179 e. The predicted octanol–water partition coefficient (Wildman–Crippen LogP) is 4.73. The van der Waals surface area contributed by atoms with E-state index in [4.69, 9.17) is 4.98 Å². The molecule has 3 heterocycles. The monoisotopic (exact) mass is 382 g/mol. The molecule has 4 aromatic rings. The Kier molecular flexibility index (Phi) is 3.85. The van der Waals surface area contributed by atoms with Gasteiger partial charge in [0.2, 0.25) is 0 Å². The highest BCUT2D eigenvalue weighted by Gasteiger charge is 2.14. The van der Waals surface area contributed by atoms with Crippen LogP contribution in [0.15, 0.2) is 81.6 Å². The summed E-state index contributed by atoms with van der Waals surface area (Å²) in [4.78, 5) is 14.4. The summed E-state index contributed by atoms with van der Waals surface area (Å²) in [6, 6.07) is 16.0. The molecule has 3 aromatic heterocycles. The summed E-state index contributed by atoms with van der Waals surface area (Å²) < 4.78 is 3.10. The molecule has 0 spiro atoms. The van der Waals surface area contributed by atoms with Gasteiger partial charge in [-0.15, -0.1) is 0 Å². The highest BCUT2D eigenvalue weighted by Crippen LogP contribution is 2.32. The SMILES string of the molecule is Brc1cccc(-n2c(Sc3ccncc3)nc3cccnc32)c1. The van der Waals surface area contributed by atoms with Gasteiger partial charge in [0.25, 0.3) is 0 Å². The van der Waals surface area contributed by atoms with Gasteiger partial charge in [0.15, 0.2) is 10.8 Å². The first kappa shape index (κ1) is 14.4. The summed E-state index contributed by atoms with van der Waals surface area (Å²) in [5.41, 5.74) is 2.75. The average molecular weight is 383 g/mol. The summed E-state index contributed by atoms with van der Waals surface area (Å²) in [6.07, 6.45) is 5.36. The summed E-state index contributed by atoms with van der Waals surface area (Å²) in [5.74, 6) is 0. The Hall–Kier alpha value is -2.18. The van der Waals surface area contributed by atoms with Crippen molar-refractivity contribution in [3.05, 3.63) is 71.6 Å². The van der Waals surface area contributed by atoms with Gasteiger partial charge in [-0.1, -0.05) is 33.8 Å². The number of benzene rings is 1. The molecule has 0 aliphatic carbocycles. The zero-order chi connectivity index (χ0) is 15.6. The van der Waals surface area contributed by atoms with Gasteiger partial charge in [0.05, 0.1) is 5.69 Å². The van der Waals surface area contributed by atoms with Crippen molar-refractivity contribution in [1.29, 1.82) is 0 Å². The Morgan fingerprint density at radius 1 is 0.957 bits per heavy atom. The molecule has 4 rings (SSSR count). The molecule has 0 aliphatic heterocycles. The molecule has 0 radical (unpaired) electrons. The van der Waals surface area contributed by atoms with Gasteiger partial charge in [-0.05, 0) is 42.5 Å². The number of imidazole rings is 1. The number of hydrogen-bond donors (Lipinski definition) is 0. The van der Waals surface area contributed by atoms with Crippen molar-refractivity contribution in [1.82, 2.24) is 19.5 Å². The first-order valence-electron chi connectivity index (χ1n) is 6.98. The second-order valence-corrected chi connectivity index (χ2v) is 6.80. The molecule has 0 atom stereocenters. The van der Waals surface area contributed by atoms with Crippen molar-refractivity contribution in [2.45, 2.75) is 10.1 Å². The number of pyridine rings is 2. The third kappa shape index (κ3) is 2.87. The molecule has 0 bridgehead atoms. The fraction of sp³-hybridized carbons (Fsp3) is 0. The lowest BCUT2D eigenvalue weighted by Crippen LogP contribution is -1.97. The van der Waals surface area contributed by atoms with Crippen LogP contribution in [0.2, 0.25) is 0 Å². The Morgan fingerprint density at radius 3 is 2.65 bits per heavy atom. The van der Waals surface area contributed by atoms with Crippen molar-refractivity contribution in [2.75, 3.05) is 0 Å². The second-order valence-electron chi connectivity index (χ2n) is 4.84. The zero-order valence-corrected chi connectivity index (χ0v) is 14.3. The van der Waals surface area contributed by atoms with E-state index in [2.05, 4.69) is 42.6 Å². The Morgan fingerprint density at radius 2 is 1.83 bits per heavy atom. The first-order chi connectivity index (χ1) is 11.3. The molecule has 0 fully saturated rings. The van der Waals surface area contributed by atoms with E-state index < -0.39 is 0 Å². The van der Waals surface area contributed by atoms with Crippen molar-refractivity contribution >= 4 is 38.9 Å². The number of nitrogens with zero attached hydrogens (tertiary/aromatic N) is 4. The third-order valence-corrected chi connectivity index (χ3v) is 4.77. The fourth-order valence-electron chi connectivity index (χ4n) is 2.32. The van der Waals surface area contributed by atoms with E-state index in [-0.39, 0.29) is 0 Å². The largest absolute Gasteiger partial charge is 0.271 e. The molecule has 0 saturated carbocycles. The molecule has 0 unspecified atom stereocenters. The van der Waals surface area contributed by atoms with Crippen LogP contribution < -0.4 is 0 Å². The van der Waals surface area contributed by atoms with Crippen molar-refractivity contribution in [2.24, 2.45) is 0 Å². The third-order valence-electron chi connectivity index (χ3n) is 3.31. The van der Waals surface area contributed by atoms with Crippen LogP contribution in [-0.2, 0) is 0 Å². The standard InChI is InChI=1S/C17H11BrN4S/c18-12-3-1-4-13(11-12)22-16-15(5-2-8-20-16)21-17(22)23-14-6-9-19-10-7-14/h1-11H. The van der Waals surface area contributed by atoms with Crippen LogP contribution in [0.4, 0.5) is 0 Å². The quantitative estimate of drug-likeness (QED) is 0.513. The van der Waals surface area contributed by atoms with Crippen LogP contribution in [0.3, 0.4) is 0 Å². The lowest BCUT2D eigenvalue weighted by molar-refractivity contribution is 0.908. The van der Waals surface area contributed by atoms with Gasteiger partial charge in [-0.2, -0.15) is 0 Å². The van der Waals surface area contributed by atoms with Gasteiger partial charge in [-0.3, -0.25) is 9.55 Å². The maximum absolute atomic E-state index is 4.74. The van der Waals surface area contributed by atoms with E-state index in [1.54, 1.807) is 30.4 Å². The molecule has 0 amide bonds. The Balaban J connectivity index is 1.91. The average Bonchev–Trinajstić information content (AvgIpc) is 2.93. The van der Waals surface area contributed by atoms with E-state index in [1.807, 2.05) is 36.4 Å². The maximum atomic E-state index is 4.74. The number of halogens is 1. The number of hydrogen-bond acceptors (Lipinski definition) is 4. The number of aromatic nitrogens is 4. The van der Waals surface area contributed by atoms with Crippen LogP contribution in [0.5, 0.6) is 0 Å². The molecule has 23 heavy (non-hydrogen) atoms. The van der Waals surface area contributed by atoms with Crippen LogP contribution in [0, 0.1) is 0 Å². The summed E-state index contributed by atoms with van der Waals surface area (Å²) in [7, 11) is 0. The first-order valence-corrected chi connectivity index (χ1v) is 8.59. The van der Waals surface area contributed by atoms with Crippen LogP contribution in [0.25, 0.3) is 16.9 Å². The predicted molar refractivity (Wildman–Crippen MR) is 94.9 cm³/mol. The van der Waals surface area contributed by atoms with Crippen molar-refractivity contribution in [3.63, 3.8) is 0 Å². The van der Waals surface area contributed by atoms with Crippen LogP contribution in [-0.4, -0.2) is 19.5 Å². The normalized spacial score (nSPS) is 11.0. The molecule has 0 N–H and O–H groups in total. The fourth-order valence-corrected chi connectivity index (χ4v) is 3.60. The summed E-state index contributed by atoms with van der Waals surface area (Å²) >= 11 is 5.13. The number of fused-ring (bicyclic) bond motifs is 1. The Labute approximate surface area is 145 Å². The van der Waals surface area contributed by atoms with E-state index in [0.29, 0.717) is 0 Å². The zero-order valence-electron chi connectivity index (χ0n) is 11.9. The highest BCUT2D eigenvalue weighted by atomic mass is 79.9. The second kappa shape index (κ2) is 6.14. The van der Waals surface area contributed by atoms with Gasteiger partial charge >= 0.3 is 0 Å². The van der Waals surface area contributed by atoms with E-state index in [9.17, 15) is 0 Å². The number of rotatable bonds is 3. The molecule has 4 nitrogen and oxygen atoms in total. The molecule has 1 aromatic carbocycles. The Bertz CT molecular complexity index is 969. The topological polar surface area (TPSA) is 43.6 Å². The molecular weight excluding hydrogens is 372 g/mol. The van der Waals surface area contributed by atoms with Gasteiger partial charge in [0.1, 0.15) is 5.52 Å². The van der Waals surface area contributed by atoms with Gasteiger partial charge in [-0.25, -0.2) is 9.97 Å². The van der Waals surface area contributed by atoms with Crippen molar-refractivity contribution < 1.29 is 0 Å². The molecule has 0 saturated heterocycles. The van der Waals surface area contributed by atoms with Gasteiger partial charge in [0, 0.05) is 28.0 Å². The van der Waals surface area contributed by atoms with Gasteiger partial charge < -0.3 is 0 Å². The molecule has 112 valence electrons. The van der Waals surface area contributed by atoms with Crippen LogP contribution >= 0.6 is 27.7 Å². The molecular formula is C17H11BrN4S. The summed E-state index contributed by atoms with van der Waals surface area (Å²) in [6.45, 7) is 0. The summed E-state index contributed by atoms with van der Waals surface area (Å²) in [5, 5.41) is 0.878. The van der Waals surface area contributed by atoms with E-state index >= 15 is 0 Å². The minimum atomic E-state index is 0.849.